The van der Waals surface area contributed by atoms with Gasteiger partial charge in [0.05, 0.1) is 19.9 Å². The van der Waals surface area contributed by atoms with Gasteiger partial charge in [-0.3, -0.25) is 4.79 Å². The minimum absolute atomic E-state index is 0.143. The molecule has 0 radical (unpaired) electrons. The van der Waals surface area contributed by atoms with Gasteiger partial charge in [-0.25, -0.2) is 0 Å². The van der Waals surface area contributed by atoms with E-state index in [0.717, 1.165) is 0 Å². The van der Waals surface area contributed by atoms with Gasteiger partial charge in [0.2, 0.25) is 5.76 Å². The van der Waals surface area contributed by atoms with Gasteiger partial charge in [0.15, 0.2) is 0 Å². The van der Waals surface area contributed by atoms with Crippen molar-refractivity contribution in [2.75, 3.05) is 32.8 Å². The lowest BCUT2D eigenvalue weighted by atomic mass is 10.2. The number of amides is 1. The first-order chi connectivity index (χ1) is 9.24. The van der Waals surface area contributed by atoms with E-state index in [0.29, 0.717) is 30.4 Å². The SMILES string of the molecule is COc1ccc(NC(=O)C2=COCCO2)c(OC)c1. The van der Waals surface area contributed by atoms with Crippen LogP contribution < -0.4 is 14.8 Å². The maximum absolute atomic E-state index is 11.9. The van der Waals surface area contributed by atoms with Crippen LogP contribution in [0.25, 0.3) is 0 Å². The van der Waals surface area contributed by atoms with Crippen LogP contribution >= 0.6 is 0 Å². The zero-order valence-electron chi connectivity index (χ0n) is 10.8. The molecule has 0 atom stereocenters. The summed E-state index contributed by atoms with van der Waals surface area (Å²) < 4.78 is 20.5. The van der Waals surface area contributed by atoms with E-state index in [9.17, 15) is 4.79 Å². The third-order valence-electron chi connectivity index (χ3n) is 2.53. The van der Waals surface area contributed by atoms with E-state index < -0.39 is 0 Å². The number of carbonyl (C=O) groups excluding carboxylic acids is 1. The summed E-state index contributed by atoms with van der Waals surface area (Å²) in [4.78, 5) is 11.9. The van der Waals surface area contributed by atoms with Crippen molar-refractivity contribution >= 4 is 11.6 Å². The summed E-state index contributed by atoms with van der Waals surface area (Å²) in [6.45, 7) is 0.807. The van der Waals surface area contributed by atoms with Crippen LogP contribution in [-0.4, -0.2) is 33.3 Å². The molecular weight excluding hydrogens is 250 g/mol. The molecule has 1 N–H and O–H groups in total. The number of nitrogens with one attached hydrogen (secondary N) is 1. The number of ether oxygens (including phenoxy) is 4. The average molecular weight is 265 g/mol. The Morgan fingerprint density at radius 1 is 1.26 bits per heavy atom. The molecule has 19 heavy (non-hydrogen) atoms. The van der Waals surface area contributed by atoms with Crippen molar-refractivity contribution in [2.24, 2.45) is 0 Å². The molecule has 0 aliphatic carbocycles. The fourth-order valence-corrected chi connectivity index (χ4v) is 1.57. The highest BCUT2D eigenvalue weighted by Crippen LogP contribution is 2.29. The Hall–Kier alpha value is -2.37. The Labute approximate surface area is 110 Å². The van der Waals surface area contributed by atoms with Gasteiger partial charge in [-0.2, -0.15) is 0 Å². The first-order valence-corrected chi connectivity index (χ1v) is 5.72. The van der Waals surface area contributed by atoms with Gasteiger partial charge in [-0.1, -0.05) is 0 Å². The minimum Gasteiger partial charge on any atom is -0.497 e. The second kappa shape index (κ2) is 5.99. The van der Waals surface area contributed by atoms with Crippen molar-refractivity contribution in [3.63, 3.8) is 0 Å². The van der Waals surface area contributed by atoms with Crippen LogP contribution in [0.5, 0.6) is 11.5 Å². The monoisotopic (exact) mass is 265 g/mol. The molecule has 0 aromatic heterocycles. The Balaban J connectivity index is 2.14. The molecule has 0 saturated heterocycles. The van der Waals surface area contributed by atoms with Crippen LogP contribution in [0.3, 0.4) is 0 Å². The fourth-order valence-electron chi connectivity index (χ4n) is 1.57. The second-order valence-electron chi connectivity index (χ2n) is 3.72. The van der Waals surface area contributed by atoms with E-state index in [1.54, 1.807) is 25.3 Å². The van der Waals surface area contributed by atoms with E-state index in [1.165, 1.54) is 13.4 Å². The first-order valence-electron chi connectivity index (χ1n) is 5.72. The summed E-state index contributed by atoms with van der Waals surface area (Å²) in [6.07, 6.45) is 1.30. The van der Waals surface area contributed by atoms with Crippen LogP contribution in [-0.2, 0) is 14.3 Å². The van der Waals surface area contributed by atoms with E-state index in [1.807, 2.05) is 0 Å². The van der Waals surface area contributed by atoms with Crippen molar-refractivity contribution in [1.29, 1.82) is 0 Å². The molecule has 1 amide bonds. The summed E-state index contributed by atoms with van der Waals surface area (Å²) in [6, 6.07) is 5.10. The molecule has 1 aliphatic heterocycles. The molecule has 1 aromatic carbocycles. The number of hydrogen-bond donors (Lipinski definition) is 1. The number of methoxy groups -OCH3 is 2. The molecule has 0 bridgehead atoms. The second-order valence-corrected chi connectivity index (χ2v) is 3.72. The van der Waals surface area contributed by atoms with Crippen molar-refractivity contribution in [2.45, 2.75) is 0 Å². The maximum atomic E-state index is 11.9. The van der Waals surface area contributed by atoms with Gasteiger partial charge < -0.3 is 24.3 Å². The van der Waals surface area contributed by atoms with Gasteiger partial charge in [0.25, 0.3) is 5.91 Å². The Morgan fingerprint density at radius 3 is 2.74 bits per heavy atom. The third-order valence-corrected chi connectivity index (χ3v) is 2.53. The molecule has 0 fully saturated rings. The predicted molar refractivity (Wildman–Crippen MR) is 68.2 cm³/mol. The normalized spacial score (nSPS) is 13.7. The van der Waals surface area contributed by atoms with Gasteiger partial charge in [-0.15, -0.1) is 0 Å². The lowest BCUT2D eigenvalue weighted by molar-refractivity contribution is -0.117. The highest BCUT2D eigenvalue weighted by atomic mass is 16.6. The summed E-state index contributed by atoms with van der Waals surface area (Å²) in [5.74, 6) is 0.906. The molecule has 102 valence electrons. The molecule has 0 unspecified atom stereocenters. The molecular formula is C13H15NO5. The van der Waals surface area contributed by atoms with Crippen LogP contribution in [0, 0.1) is 0 Å². The summed E-state index contributed by atoms with van der Waals surface area (Å²) in [7, 11) is 3.08. The first kappa shape index (κ1) is 13.1. The van der Waals surface area contributed by atoms with Gasteiger partial charge in [0, 0.05) is 6.07 Å². The molecule has 6 heteroatoms. The van der Waals surface area contributed by atoms with E-state index in [4.69, 9.17) is 18.9 Å². The number of anilines is 1. The van der Waals surface area contributed by atoms with Crippen molar-refractivity contribution < 1.29 is 23.7 Å². The van der Waals surface area contributed by atoms with Gasteiger partial charge >= 0.3 is 0 Å². The van der Waals surface area contributed by atoms with E-state index >= 15 is 0 Å². The molecule has 1 aliphatic rings. The van der Waals surface area contributed by atoms with E-state index in [2.05, 4.69) is 5.32 Å². The van der Waals surface area contributed by atoms with E-state index in [-0.39, 0.29) is 11.7 Å². The molecule has 1 aromatic rings. The zero-order chi connectivity index (χ0) is 13.7. The fraction of sp³-hybridized carbons (Fsp3) is 0.308. The number of carbonyl (C=O) groups is 1. The number of benzene rings is 1. The van der Waals surface area contributed by atoms with Crippen molar-refractivity contribution in [3.8, 4) is 11.5 Å². The van der Waals surface area contributed by atoms with Crippen LogP contribution in [0.1, 0.15) is 0 Å². The van der Waals surface area contributed by atoms with Crippen LogP contribution in [0.4, 0.5) is 5.69 Å². The summed E-state index contributed by atoms with van der Waals surface area (Å²) in [5.41, 5.74) is 0.531. The largest absolute Gasteiger partial charge is 0.497 e. The standard InChI is InChI=1S/C13H15NO5/c1-16-9-3-4-10(11(7-9)17-2)14-13(15)12-8-18-5-6-19-12/h3-4,7-8H,5-6H2,1-2H3,(H,14,15). The highest BCUT2D eigenvalue weighted by molar-refractivity contribution is 6.03. The number of rotatable bonds is 4. The Bertz CT molecular complexity index is 498. The number of hydrogen-bond acceptors (Lipinski definition) is 5. The predicted octanol–water partition coefficient (Wildman–Crippen LogP) is 1.53. The summed E-state index contributed by atoms with van der Waals surface area (Å²) in [5, 5.41) is 2.69. The van der Waals surface area contributed by atoms with Gasteiger partial charge in [-0.05, 0) is 12.1 Å². The molecule has 0 saturated carbocycles. The Kier molecular flexibility index (Phi) is 4.12. The lowest BCUT2D eigenvalue weighted by Gasteiger charge is -2.16. The molecule has 2 rings (SSSR count). The average Bonchev–Trinajstić information content (AvgIpc) is 2.48. The maximum Gasteiger partial charge on any atom is 0.294 e. The minimum atomic E-state index is -0.386. The molecule has 0 spiro atoms. The smallest absolute Gasteiger partial charge is 0.294 e. The van der Waals surface area contributed by atoms with Crippen LogP contribution in [0.2, 0.25) is 0 Å². The topological polar surface area (TPSA) is 66.0 Å². The Morgan fingerprint density at radius 2 is 2.11 bits per heavy atom. The van der Waals surface area contributed by atoms with Crippen molar-refractivity contribution in [1.82, 2.24) is 0 Å². The van der Waals surface area contributed by atoms with Gasteiger partial charge in [0.1, 0.15) is 31.0 Å². The van der Waals surface area contributed by atoms with Crippen molar-refractivity contribution in [3.05, 3.63) is 30.2 Å². The lowest BCUT2D eigenvalue weighted by Crippen LogP contribution is -2.21. The zero-order valence-corrected chi connectivity index (χ0v) is 10.8. The highest BCUT2D eigenvalue weighted by Gasteiger charge is 2.17. The molecule has 6 nitrogen and oxygen atoms in total. The van der Waals surface area contributed by atoms with Crippen LogP contribution in [0.15, 0.2) is 30.2 Å². The quantitative estimate of drug-likeness (QED) is 0.894. The third kappa shape index (κ3) is 3.09. The summed E-state index contributed by atoms with van der Waals surface area (Å²) >= 11 is 0. The molecule has 1 heterocycles.